The Balaban J connectivity index is 4.48. The largest absolute Gasteiger partial charge is 0.458 e. The first-order valence-electron chi connectivity index (χ1n) is 9.00. The molecule has 0 unspecified atom stereocenters. The molecule has 0 fully saturated rings. The first-order chi connectivity index (χ1) is 10.1. The fourth-order valence-electron chi connectivity index (χ4n) is 2.88. The molecule has 0 aliphatic rings. The van der Waals surface area contributed by atoms with Crippen molar-refractivity contribution in [1.82, 2.24) is 0 Å². The number of hydrogen-bond donors (Lipinski definition) is 0. The third kappa shape index (κ3) is 8.65. The highest BCUT2D eigenvalue weighted by Crippen LogP contribution is 2.31. The predicted octanol–water partition coefficient (Wildman–Crippen LogP) is 6.91. The van der Waals surface area contributed by atoms with Crippen LogP contribution in [0.5, 0.6) is 0 Å². The summed E-state index contributed by atoms with van der Waals surface area (Å²) in [6, 6.07) is 2.72. The molecule has 0 N–H and O–H groups in total. The van der Waals surface area contributed by atoms with Gasteiger partial charge in [-0.3, -0.25) is 0 Å². The Kier molecular flexibility index (Phi) is 10.1. The Hall–Kier alpha value is 0.0906. The van der Waals surface area contributed by atoms with Gasteiger partial charge in [-0.2, -0.15) is 0 Å². The molecule has 0 heterocycles. The van der Waals surface area contributed by atoms with Crippen LogP contribution in [0.15, 0.2) is 25.3 Å². The van der Waals surface area contributed by atoms with E-state index in [2.05, 4.69) is 52.4 Å². The first-order valence-corrected chi connectivity index (χ1v) is 19.2. The van der Waals surface area contributed by atoms with Crippen molar-refractivity contribution in [2.24, 2.45) is 0 Å². The Labute approximate surface area is 143 Å². The minimum absolute atomic E-state index is 1.15. The molecule has 0 saturated carbocycles. The van der Waals surface area contributed by atoms with Crippen LogP contribution >= 0.6 is 0 Å². The smallest absolute Gasteiger partial charge is 0.173 e. The lowest BCUT2D eigenvalue weighted by Crippen LogP contribution is -2.61. The number of allylic oxidation sites excluding steroid dienone is 2. The zero-order chi connectivity index (χ0) is 17.3. The SMILES string of the molecule is C=CCCCC[Si](C)(C)O[Si](C)(C)[Si](C)(C)CCCCC=C. The molecule has 4 heteroatoms. The second-order valence-electron chi connectivity index (χ2n) is 8.32. The zero-order valence-electron chi connectivity index (χ0n) is 16.1. The van der Waals surface area contributed by atoms with Gasteiger partial charge in [-0.05, 0) is 45.1 Å². The fraction of sp³-hybridized carbons (Fsp3) is 0.778. The van der Waals surface area contributed by atoms with Crippen molar-refractivity contribution < 1.29 is 4.12 Å². The van der Waals surface area contributed by atoms with Gasteiger partial charge in [-0.15, -0.1) is 13.2 Å². The molecule has 22 heavy (non-hydrogen) atoms. The third-order valence-corrected chi connectivity index (χ3v) is 27.2. The third-order valence-electron chi connectivity index (χ3n) is 5.06. The summed E-state index contributed by atoms with van der Waals surface area (Å²) >= 11 is 0. The maximum atomic E-state index is 6.92. The molecule has 0 rings (SSSR count). The molecule has 0 atom stereocenters. The Bertz CT molecular complexity index is 335. The van der Waals surface area contributed by atoms with E-state index in [-0.39, 0.29) is 0 Å². The summed E-state index contributed by atoms with van der Waals surface area (Å²) < 4.78 is 6.92. The van der Waals surface area contributed by atoms with E-state index in [1.54, 1.807) is 0 Å². The molecule has 0 saturated heterocycles. The van der Waals surface area contributed by atoms with Gasteiger partial charge in [0.05, 0.1) is 7.59 Å². The summed E-state index contributed by atoms with van der Waals surface area (Å²) in [5.74, 6) is 0. The van der Waals surface area contributed by atoms with Gasteiger partial charge in [-0.25, -0.2) is 0 Å². The van der Waals surface area contributed by atoms with Crippen LogP contribution in [0.1, 0.15) is 38.5 Å². The molecular formula is C18H40OSi3. The standard InChI is InChI=1S/C18H40OSi3/c1-9-11-13-15-17-20(3,4)19-22(7,8)21(5,6)18-16-14-12-10-2/h9-10H,1-2,11-18H2,3-8H3. The van der Waals surface area contributed by atoms with Crippen molar-refractivity contribution in [3.8, 4) is 0 Å². The van der Waals surface area contributed by atoms with E-state index in [4.69, 9.17) is 4.12 Å². The molecular weight excluding hydrogens is 316 g/mol. The molecule has 0 aromatic heterocycles. The van der Waals surface area contributed by atoms with Gasteiger partial charge >= 0.3 is 0 Å². The lowest BCUT2D eigenvalue weighted by atomic mass is 10.2. The minimum Gasteiger partial charge on any atom is -0.458 e. The monoisotopic (exact) mass is 356 g/mol. The predicted molar refractivity (Wildman–Crippen MR) is 111 cm³/mol. The number of rotatable bonds is 13. The highest BCUT2D eigenvalue weighted by Gasteiger charge is 2.45. The summed E-state index contributed by atoms with van der Waals surface area (Å²) in [4.78, 5) is 0. The number of hydrogen-bond acceptors (Lipinski definition) is 1. The molecule has 0 radical (unpaired) electrons. The van der Waals surface area contributed by atoms with E-state index in [0.717, 1.165) is 12.8 Å². The summed E-state index contributed by atoms with van der Waals surface area (Å²) in [5.41, 5.74) is 0. The second kappa shape index (κ2) is 10.1. The average Bonchev–Trinajstić information content (AvgIpc) is 2.38. The average molecular weight is 357 g/mol. The van der Waals surface area contributed by atoms with Crippen LogP contribution in [0.25, 0.3) is 0 Å². The molecule has 0 aromatic carbocycles. The van der Waals surface area contributed by atoms with E-state index in [1.807, 2.05) is 12.2 Å². The number of unbranched alkanes of at least 4 members (excludes halogenated alkanes) is 4. The van der Waals surface area contributed by atoms with Crippen LogP contribution < -0.4 is 0 Å². The van der Waals surface area contributed by atoms with Crippen LogP contribution in [-0.2, 0) is 4.12 Å². The van der Waals surface area contributed by atoms with Crippen LogP contribution in [0, 0.1) is 0 Å². The quantitative estimate of drug-likeness (QED) is 0.198. The van der Waals surface area contributed by atoms with Crippen molar-refractivity contribution in [2.75, 3.05) is 0 Å². The van der Waals surface area contributed by atoms with Crippen LogP contribution in [0.3, 0.4) is 0 Å². The second-order valence-corrected chi connectivity index (χ2v) is 28.1. The van der Waals surface area contributed by atoms with Gasteiger partial charge in [0.1, 0.15) is 0 Å². The van der Waals surface area contributed by atoms with Crippen molar-refractivity contribution in [2.45, 2.75) is 89.9 Å². The molecule has 0 aliphatic carbocycles. The van der Waals surface area contributed by atoms with E-state index < -0.39 is 23.7 Å². The Morgan fingerprint density at radius 3 is 1.64 bits per heavy atom. The van der Waals surface area contributed by atoms with E-state index in [9.17, 15) is 0 Å². The molecule has 0 aliphatic heterocycles. The molecule has 0 amide bonds. The van der Waals surface area contributed by atoms with Crippen LogP contribution in [0.2, 0.25) is 51.4 Å². The van der Waals surface area contributed by atoms with Gasteiger partial charge in [0.25, 0.3) is 0 Å². The normalized spacial score (nSPS) is 13.2. The van der Waals surface area contributed by atoms with E-state index in [1.165, 1.54) is 37.8 Å². The van der Waals surface area contributed by atoms with Crippen LogP contribution in [0.4, 0.5) is 0 Å². The molecule has 0 bridgehead atoms. The Morgan fingerprint density at radius 1 is 0.727 bits per heavy atom. The first kappa shape index (κ1) is 22.1. The van der Waals surface area contributed by atoms with Gasteiger partial charge < -0.3 is 4.12 Å². The van der Waals surface area contributed by atoms with Gasteiger partial charge in [0.15, 0.2) is 16.2 Å². The highest BCUT2D eigenvalue weighted by atomic mass is 29.3. The van der Waals surface area contributed by atoms with Crippen molar-refractivity contribution in [3.05, 3.63) is 25.3 Å². The summed E-state index contributed by atoms with van der Waals surface area (Å²) in [6.45, 7) is 22.6. The lowest BCUT2D eigenvalue weighted by Gasteiger charge is -2.43. The van der Waals surface area contributed by atoms with Crippen molar-refractivity contribution in [3.63, 3.8) is 0 Å². The van der Waals surface area contributed by atoms with Gasteiger partial charge in [0.2, 0.25) is 0 Å². The highest BCUT2D eigenvalue weighted by molar-refractivity contribution is 7.39. The Morgan fingerprint density at radius 2 is 1.18 bits per heavy atom. The minimum atomic E-state index is -1.54. The van der Waals surface area contributed by atoms with E-state index >= 15 is 0 Å². The molecule has 0 aromatic rings. The van der Waals surface area contributed by atoms with Crippen LogP contribution in [-0.4, -0.2) is 23.7 Å². The summed E-state index contributed by atoms with van der Waals surface area (Å²) in [7, 11) is -4.29. The maximum Gasteiger partial charge on any atom is 0.173 e. The summed E-state index contributed by atoms with van der Waals surface area (Å²) in [5, 5.41) is 0. The molecule has 130 valence electrons. The lowest BCUT2D eigenvalue weighted by molar-refractivity contribution is 0.550. The zero-order valence-corrected chi connectivity index (χ0v) is 19.1. The molecule has 1 nitrogen and oxygen atoms in total. The van der Waals surface area contributed by atoms with Gasteiger partial charge in [-0.1, -0.05) is 57.0 Å². The van der Waals surface area contributed by atoms with Crippen molar-refractivity contribution in [1.29, 1.82) is 0 Å². The molecule has 0 spiro atoms. The summed E-state index contributed by atoms with van der Waals surface area (Å²) in [6.07, 6.45) is 11.6. The topological polar surface area (TPSA) is 9.23 Å². The van der Waals surface area contributed by atoms with Gasteiger partial charge in [0, 0.05) is 0 Å². The van der Waals surface area contributed by atoms with Crippen molar-refractivity contribution >= 4 is 23.7 Å². The maximum absolute atomic E-state index is 6.92. The fourth-order valence-corrected chi connectivity index (χ4v) is 20.1. The van der Waals surface area contributed by atoms with E-state index in [0.29, 0.717) is 0 Å².